The molecular weight excluding hydrogens is 306 g/mol. The Labute approximate surface area is 144 Å². The van der Waals surface area contributed by atoms with Gasteiger partial charge in [0.25, 0.3) is 0 Å². The van der Waals surface area contributed by atoms with Gasteiger partial charge in [-0.05, 0) is 61.2 Å². The van der Waals surface area contributed by atoms with Gasteiger partial charge in [-0.3, -0.25) is 0 Å². The first-order chi connectivity index (χ1) is 10.9. The van der Waals surface area contributed by atoms with Gasteiger partial charge in [0.15, 0.2) is 0 Å². The summed E-state index contributed by atoms with van der Waals surface area (Å²) >= 11 is 5.93. The van der Waals surface area contributed by atoms with E-state index in [9.17, 15) is 5.11 Å². The highest BCUT2D eigenvalue weighted by atomic mass is 35.5. The van der Waals surface area contributed by atoms with E-state index in [2.05, 4.69) is 31.3 Å². The summed E-state index contributed by atoms with van der Waals surface area (Å²) in [5.74, 6) is 0.624. The van der Waals surface area contributed by atoms with E-state index in [1.165, 1.54) is 0 Å². The van der Waals surface area contributed by atoms with Crippen LogP contribution in [0.2, 0.25) is 5.02 Å². The van der Waals surface area contributed by atoms with E-state index in [4.69, 9.17) is 11.6 Å². The van der Waals surface area contributed by atoms with Gasteiger partial charge < -0.3 is 10.4 Å². The lowest BCUT2D eigenvalue weighted by molar-refractivity contribution is 0.0479. The Hall–Kier alpha value is -1.35. The molecule has 1 atom stereocenters. The van der Waals surface area contributed by atoms with Gasteiger partial charge >= 0.3 is 0 Å². The number of benzene rings is 2. The minimum absolute atomic E-state index is 0.624. The summed E-state index contributed by atoms with van der Waals surface area (Å²) in [6, 6.07) is 15.9. The van der Waals surface area contributed by atoms with Crippen molar-refractivity contribution in [3.8, 4) is 11.1 Å². The van der Waals surface area contributed by atoms with Crippen molar-refractivity contribution in [1.82, 2.24) is 5.32 Å². The van der Waals surface area contributed by atoms with Crippen LogP contribution in [-0.2, 0) is 5.60 Å². The van der Waals surface area contributed by atoms with Crippen LogP contribution in [0.15, 0.2) is 48.5 Å². The summed E-state index contributed by atoms with van der Waals surface area (Å²) in [4.78, 5) is 0. The molecule has 0 fully saturated rings. The van der Waals surface area contributed by atoms with Crippen molar-refractivity contribution in [3.63, 3.8) is 0 Å². The highest BCUT2D eigenvalue weighted by Gasteiger charge is 2.22. The van der Waals surface area contributed by atoms with E-state index >= 15 is 0 Å². The van der Waals surface area contributed by atoms with Crippen LogP contribution in [0.5, 0.6) is 0 Å². The molecule has 23 heavy (non-hydrogen) atoms. The number of aliphatic hydroxyl groups is 1. The highest BCUT2D eigenvalue weighted by Crippen LogP contribution is 2.27. The molecule has 0 aliphatic rings. The summed E-state index contributed by atoms with van der Waals surface area (Å²) in [7, 11) is 0. The van der Waals surface area contributed by atoms with Crippen LogP contribution < -0.4 is 5.32 Å². The van der Waals surface area contributed by atoms with Crippen molar-refractivity contribution in [2.24, 2.45) is 5.92 Å². The van der Waals surface area contributed by atoms with Crippen LogP contribution in [0, 0.1) is 5.92 Å². The molecule has 2 rings (SSSR count). The molecule has 0 aliphatic heterocycles. The second kappa shape index (κ2) is 7.96. The van der Waals surface area contributed by atoms with Crippen LogP contribution in [0.4, 0.5) is 0 Å². The number of hydrogen-bond acceptors (Lipinski definition) is 2. The SMILES string of the molecule is CC(C)CNCCC(C)(O)c1ccc(-c2ccc(Cl)cc2)cc1. The zero-order chi connectivity index (χ0) is 16.9. The third kappa shape index (κ3) is 5.35. The average Bonchev–Trinajstić information content (AvgIpc) is 2.52. The Bertz CT molecular complexity index is 603. The molecule has 0 saturated carbocycles. The van der Waals surface area contributed by atoms with Crippen LogP contribution in [-0.4, -0.2) is 18.2 Å². The Morgan fingerprint density at radius 3 is 2.04 bits per heavy atom. The molecule has 0 aliphatic carbocycles. The molecule has 0 aromatic heterocycles. The second-order valence-corrected chi connectivity index (χ2v) is 7.14. The maximum Gasteiger partial charge on any atom is 0.0880 e. The van der Waals surface area contributed by atoms with Gasteiger partial charge in [0, 0.05) is 5.02 Å². The summed E-state index contributed by atoms with van der Waals surface area (Å²) < 4.78 is 0. The van der Waals surface area contributed by atoms with Gasteiger partial charge in [0.05, 0.1) is 5.60 Å². The second-order valence-electron chi connectivity index (χ2n) is 6.71. The third-order valence-corrected chi connectivity index (χ3v) is 4.28. The normalized spacial score (nSPS) is 14.0. The molecule has 2 aromatic carbocycles. The van der Waals surface area contributed by atoms with Crippen LogP contribution in [0.25, 0.3) is 11.1 Å². The summed E-state index contributed by atoms with van der Waals surface area (Å²) in [6.07, 6.45) is 0.694. The van der Waals surface area contributed by atoms with Gasteiger partial charge in [-0.25, -0.2) is 0 Å². The van der Waals surface area contributed by atoms with E-state index in [0.717, 1.165) is 34.8 Å². The van der Waals surface area contributed by atoms with Crippen molar-refractivity contribution in [1.29, 1.82) is 0 Å². The molecule has 124 valence electrons. The molecule has 1 unspecified atom stereocenters. The highest BCUT2D eigenvalue weighted by molar-refractivity contribution is 6.30. The first-order valence-corrected chi connectivity index (χ1v) is 8.56. The van der Waals surface area contributed by atoms with Crippen molar-refractivity contribution < 1.29 is 5.11 Å². The molecule has 0 spiro atoms. The zero-order valence-electron chi connectivity index (χ0n) is 14.1. The average molecular weight is 332 g/mol. The molecule has 2 N–H and O–H groups in total. The number of hydrogen-bond donors (Lipinski definition) is 2. The predicted molar refractivity (Wildman–Crippen MR) is 98.8 cm³/mol. The van der Waals surface area contributed by atoms with E-state index < -0.39 is 5.60 Å². The van der Waals surface area contributed by atoms with Gasteiger partial charge in [-0.2, -0.15) is 0 Å². The molecule has 2 aromatic rings. The standard InChI is InChI=1S/C20H26ClNO/c1-15(2)14-22-13-12-20(3,23)18-8-4-16(5-9-18)17-6-10-19(21)11-7-17/h4-11,15,22-23H,12-14H2,1-3H3. The Morgan fingerprint density at radius 1 is 1.00 bits per heavy atom. The molecule has 0 heterocycles. The third-order valence-electron chi connectivity index (χ3n) is 4.03. The molecule has 0 radical (unpaired) electrons. The van der Waals surface area contributed by atoms with Crippen LogP contribution in [0.1, 0.15) is 32.8 Å². The fourth-order valence-corrected chi connectivity index (χ4v) is 2.66. The van der Waals surface area contributed by atoms with Crippen molar-refractivity contribution >= 4 is 11.6 Å². The number of halogens is 1. The van der Waals surface area contributed by atoms with E-state index in [1.54, 1.807) is 0 Å². The lowest BCUT2D eigenvalue weighted by Crippen LogP contribution is -2.29. The maximum atomic E-state index is 10.7. The smallest absolute Gasteiger partial charge is 0.0880 e. The van der Waals surface area contributed by atoms with Crippen molar-refractivity contribution in [2.45, 2.75) is 32.8 Å². The Kier molecular flexibility index (Phi) is 6.23. The molecule has 0 saturated heterocycles. The fraction of sp³-hybridized carbons (Fsp3) is 0.400. The lowest BCUT2D eigenvalue weighted by Gasteiger charge is -2.24. The molecule has 0 bridgehead atoms. The summed E-state index contributed by atoms with van der Waals surface area (Å²) in [5, 5.41) is 14.8. The molecule has 2 nitrogen and oxygen atoms in total. The minimum Gasteiger partial charge on any atom is -0.385 e. The van der Waals surface area contributed by atoms with Gasteiger partial charge in [-0.1, -0.05) is 61.8 Å². The predicted octanol–water partition coefficient (Wildman–Crippen LogP) is 4.85. The Balaban J connectivity index is 2.01. The van der Waals surface area contributed by atoms with Crippen molar-refractivity contribution in [3.05, 3.63) is 59.1 Å². The van der Waals surface area contributed by atoms with E-state index in [0.29, 0.717) is 12.3 Å². The monoisotopic (exact) mass is 331 g/mol. The largest absolute Gasteiger partial charge is 0.385 e. The van der Waals surface area contributed by atoms with Gasteiger partial charge in [0.2, 0.25) is 0 Å². The lowest BCUT2D eigenvalue weighted by atomic mass is 9.91. The Morgan fingerprint density at radius 2 is 1.52 bits per heavy atom. The zero-order valence-corrected chi connectivity index (χ0v) is 14.9. The molecule has 0 amide bonds. The fourth-order valence-electron chi connectivity index (χ4n) is 2.53. The summed E-state index contributed by atoms with van der Waals surface area (Å²) in [5.41, 5.74) is 2.38. The first kappa shape index (κ1) is 18.0. The van der Waals surface area contributed by atoms with Crippen LogP contribution in [0.3, 0.4) is 0 Å². The molecular formula is C20H26ClNO. The quantitative estimate of drug-likeness (QED) is 0.711. The maximum absolute atomic E-state index is 10.7. The van der Waals surface area contributed by atoms with Gasteiger partial charge in [0.1, 0.15) is 0 Å². The van der Waals surface area contributed by atoms with Gasteiger partial charge in [-0.15, -0.1) is 0 Å². The number of nitrogens with one attached hydrogen (secondary N) is 1. The van der Waals surface area contributed by atoms with Crippen molar-refractivity contribution in [2.75, 3.05) is 13.1 Å². The van der Waals surface area contributed by atoms with E-state index in [1.807, 2.05) is 43.3 Å². The first-order valence-electron chi connectivity index (χ1n) is 8.18. The summed E-state index contributed by atoms with van der Waals surface area (Å²) in [6.45, 7) is 8.03. The minimum atomic E-state index is -0.817. The van der Waals surface area contributed by atoms with Crippen LogP contribution >= 0.6 is 11.6 Å². The topological polar surface area (TPSA) is 32.3 Å². The van der Waals surface area contributed by atoms with E-state index in [-0.39, 0.29) is 0 Å². The number of rotatable bonds is 7. The molecule has 3 heteroatoms.